The maximum absolute atomic E-state index is 12.4. The molecule has 1 aromatic rings. The van der Waals surface area contributed by atoms with Crippen LogP contribution in [0.2, 0.25) is 5.02 Å². The smallest absolute Gasteiger partial charge is 0.254 e. The Labute approximate surface area is 117 Å². The van der Waals surface area contributed by atoms with Crippen LogP contribution >= 0.6 is 11.6 Å². The maximum Gasteiger partial charge on any atom is 0.254 e. The van der Waals surface area contributed by atoms with E-state index >= 15 is 0 Å². The van der Waals surface area contributed by atoms with E-state index in [2.05, 4.69) is 5.32 Å². The lowest BCUT2D eigenvalue weighted by Crippen LogP contribution is -2.38. The second-order valence-corrected chi connectivity index (χ2v) is 5.56. The van der Waals surface area contributed by atoms with Gasteiger partial charge < -0.3 is 10.2 Å². The van der Waals surface area contributed by atoms with Gasteiger partial charge >= 0.3 is 0 Å². The van der Waals surface area contributed by atoms with E-state index in [1.165, 1.54) is 6.92 Å². The second-order valence-electron chi connectivity index (χ2n) is 5.15. The van der Waals surface area contributed by atoms with Crippen LogP contribution in [-0.2, 0) is 9.59 Å². The van der Waals surface area contributed by atoms with Crippen LogP contribution in [0.5, 0.6) is 0 Å². The van der Waals surface area contributed by atoms with Crippen molar-refractivity contribution in [2.45, 2.75) is 26.8 Å². The summed E-state index contributed by atoms with van der Waals surface area (Å²) >= 11 is 6.21. The van der Waals surface area contributed by atoms with E-state index in [0.717, 1.165) is 11.3 Å². The van der Waals surface area contributed by atoms with Crippen LogP contribution in [0.1, 0.15) is 32.4 Å². The van der Waals surface area contributed by atoms with Crippen LogP contribution in [-0.4, -0.2) is 18.4 Å². The minimum absolute atomic E-state index is 0.119. The van der Waals surface area contributed by atoms with E-state index in [-0.39, 0.29) is 11.8 Å². The Hall–Kier alpha value is -1.55. The molecular weight excluding hydrogens is 264 g/mol. The quantitative estimate of drug-likeness (QED) is 0.925. The average Bonchev–Trinajstić information content (AvgIpc) is 2.55. The fourth-order valence-corrected chi connectivity index (χ4v) is 2.62. The van der Waals surface area contributed by atoms with E-state index in [0.29, 0.717) is 17.5 Å². The number of halogens is 1. The van der Waals surface area contributed by atoms with Gasteiger partial charge in [-0.05, 0) is 12.0 Å². The first-order chi connectivity index (χ1) is 8.91. The van der Waals surface area contributed by atoms with Crippen molar-refractivity contribution in [2.75, 3.05) is 11.4 Å². The summed E-state index contributed by atoms with van der Waals surface area (Å²) in [7, 11) is 0. The number of hydrogen-bond donors (Lipinski definition) is 1. The summed E-state index contributed by atoms with van der Waals surface area (Å²) in [5.74, 6) is -0.0215. The van der Waals surface area contributed by atoms with Crippen molar-refractivity contribution in [3.05, 3.63) is 28.8 Å². The Bertz CT molecular complexity index is 528. The molecule has 0 bridgehead atoms. The minimum atomic E-state index is -0.620. The van der Waals surface area contributed by atoms with Gasteiger partial charge in [0, 0.05) is 19.0 Å². The van der Waals surface area contributed by atoms with Crippen LogP contribution in [0.15, 0.2) is 18.2 Å². The fourth-order valence-electron chi connectivity index (χ4n) is 2.34. The lowest BCUT2D eigenvalue weighted by Gasteiger charge is -2.21. The molecule has 0 aromatic heterocycles. The van der Waals surface area contributed by atoms with Gasteiger partial charge in [-0.15, -0.1) is 0 Å². The Morgan fingerprint density at radius 3 is 2.74 bits per heavy atom. The molecular formula is C14H17ClN2O2. The largest absolute Gasteiger partial charge is 0.341 e. The number of anilines is 1. The van der Waals surface area contributed by atoms with Crippen LogP contribution < -0.4 is 10.2 Å². The summed E-state index contributed by atoms with van der Waals surface area (Å²) in [5.41, 5.74) is 1.50. The predicted molar refractivity (Wildman–Crippen MR) is 75.2 cm³/mol. The summed E-state index contributed by atoms with van der Waals surface area (Å²) in [6.45, 7) is 6.07. The molecule has 0 radical (unpaired) electrons. The number of carbonyl (C=O) groups excluding carboxylic acids is 2. The molecule has 4 nitrogen and oxygen atoms in total. The Balaban J connectivity index is 2.45. The Morgan fingerprint density at radius 2 is 2.16 bits per heavy atom. The molecule has 19 heavy (non-hydrogen) atoms. The van der Waals surface area contributed by atoms with E-state index in [4.69, 9.17) is 11.6 Å². The van der Waals surface area contributed by atoms with Gasteiger partial charge in [0.2, 0.25) is 5.91 Å². The molecule has 1 N–H and O–H groups in total. The van der Waals surface area contributed by atoms with Gasteiger partial charge in [-0.3, -0.25) is 9.59 Å². The summed E-state index contributed by atoms with van der Waals surface area (Å²) in [6, 6.07) is 4.77. The summed E-state index contributed by atoms with van der Waals surface area (Å²) in [4.78, 5) is 25.4. The van der Waals surface area contributed by atoms with Crippen LogP contribution in [0, 0.1) is 5.92 Å². The van der Waals surface area contributed by atoms with E-state index < -0.39 is 6.04 Å². The van der Waals surface area contributed by atoms with Crippen molar-refractivity contribution < 1.29 is 9.59 Å². The first kappa shape index (κ1) is 13.9. The van der Waals surface area contributed by atoms with Crippen molar-refractivity contribution in [3.8, 4) is 0 Å². The monoisotopic (exact) mass is 280 g/mol. The standard InChI is InChI=1S/C14H17ClN2O2/c1-8(2)7-17-13-10(5-4-6-11(13)15)12(14(17)19)16-9(3)18/h4-6,8,12H,7H2,1-3H3,(H,16,18)/t12-/m0/s1. The zero-order chi connectivity index (χ0) is 14.2. The molecule has 1 heterocycles. The van der Waals surface area contributed by atoms with Crippen molar-refractivity contribution in [1.82, 2.24) is 5.32 Å². The molecule has 0 aliphatic carbocycles. The molecule has 2 amide bonds. The average molecular weight is 281 g/mol. The van der Waals surface area contributed by atoms with Gasteiger partial charge in [0.15, 0.2) is 0 Å². The zero-order valence-electron chi connectivity index (χ0n) is 11.2. The number of amides is 2. The normalized spacial score (nSPS) is 17.8. The predicted octanol–water partition coefficient (Wildman–Crippen LogP) is 2.52. The highest BCUT2D eigenvalue weighted by atomic mass is 35.5. The number of benzene rings is 1. The van der Waals surface area contributed by atoms with E-state index in [9.17, 15) is 9.59 Å². The third-order valence-electron chi connectivity index (χ3n) is 3.01. The lowest BCUT2D eigenvalue weighted by molar-refractivity contribution is -0.126. The summed E-state index contributed by atoms with van der Waals surface area (Å²) in [6.07, 6.45) is 0. The van der Waals surface area contributed by atoms with Crippen LogP contribution in [0.3, 0.4) is 0 Å². The molecule has 1 aromatic carbocycles. The Morgan fingerprint density at radius 1 is 1.47 bits per heavy atom. The number of nitrogens with zero attached hydrogens (tertiary/aromatic N) is 1. The molecule has 5 heteroatoms. The summed E-state index contributed by atoms with van der Waals surface area (Å²) < 4.78 is 0. The number of para-hydroxylation sites is 1. The maximum atomic E-state index is 12.4. The van der Waals surface area contributed by atoms with Crippen molar-refractivity contribution >= 4 is 29.1 Å². The van der Waals surface area contributed by atoms with Crippen LogP contribution in [0.25, 0.3) is 0 Å². The highest BCUT2D eigenvalue weighted by Crippen LogP contribution is 2.41. The fraction of sp³-hybridized carbons (Fsp3) is 0.429. The van der Waals surface area contributed by atoms with E-state index in [1.807, 2.05) is 19.9 Å². The molecule has 0 saturated heterocycles. The highest BCUT2D eigenvalue weighted by Gasteiger charge is 2.39. The zero-order valence-corrected chi connectivity index (χ0v) is 12.0. The van der Waals surface area contributed by atoms with Gasteiger partial charge in [0.25, 0.3) is 5.91 Å². The topological polar surface area (TPSA) is 49.4 Å². The van der Waals surface area contributed by atoms with Gasteiger partial charge in [-0.2, -0.15) is 0 Å². The number of rotatable bonds is 3. The first-order valence-electron chi connectivity index (χ1n) is 6.28. The molecule has 0 fully saturated rings. The molecule has 1 aliphatic rings. The Kier molecular flexibility index (Phi) is 3.80. The lowest BCUT2D eigenvalue weighted by atomic mass is 10.1. The number of nitrogens with one attached hydrogen (secondary N) is 1. The van der Waals surface area contributed by atoms with Gasteiger partial charge in [0.05, 0.1) is 10.7 Å². The van der Waals surface area contributed by atoms with Crippen LogP contribution in [0.4, 0.5) is 5.69 Å². The van der Waals surface area contributed by atoms with E-state index in [1.54, 1.807) is 17.0 Å². The van der Waals surface area contributed by atoms with Gasteiger partial charge in [0.1, 0.15) is 6.04 Å². The van der Waals surface area contributed by atoms with Gasteiger partial charge in [-0.1, -0.05) is 37.6 Å². The number of fused-ring (bicyclic) bond motifs is 1. The van der Waals surface area contributed by atoms with Crippen molar-refractivity contribution in [1.29, 1.82) is 0 Å². The third kappa shape index (κ3) is 2.59. The van der Waals surface area contributed by atoms with Crippen molar-refractivity contribution in [2.24, 2.45) is 5.92 Å². The van der Waals surface area contributed by atoms with Gasteiger partial charge in [-0.25, -0.2) is 0 Å². The first-order valence-corrected chi connectivity index (χ1v) is 6.66. The summed E-state index contributed by atoms with van der Waals surface area (Å²) in [5, 5.41) is 3.23. The molecule has 1 aliphatic heterocycles. The minimum Gasteiger partial charge on any atom is -0.341 e. The molecule has 1 atom stereocenters. The molecule has 102 valence electrons. The van der Waals surface area contributed by atoms with Crippen molar-refractivity contribution in [3.63, 3.8) is 0 Å². The second kappa shape index (κ2) is 5.21. The third-order valence-corrected chi connectivity index (χ3v) is 3.31. The molecule has 0 spiro atoms. The number of carbonyl (C=O) groups is 2. The molecule has 0 unspecified atom stereocenters. The molecule has 2 rings (SSSR count). The highest BCUT2D eigenvalue weighted by molar-refractivity contribution is 6.34. The SMILES string of the molecule is CC(=O)N[C@@H]1C(=O)N(CC(C)C)c2c(Cl)cccc21. The molecule has 0 saturated carbocycles. The number of hydrogen-bond acceptors (Lipinski definition) is 2.